The summed E-state index contributed by atoms with van der Waals surface area (Å²) in [5.41, 5.74) is 3.12. The number of para-hydroxylation sites is 1. The van der Waals surface area contributed by atoms with Crippen molar-refractivity contribution in [1.82, 2.24) is 9.29 Å². The third-order valence-corrected chi connectivity index (χ3v) is 6.19. The fraction of sp³-hybridized carbons (Fsp3) is 0.273. The quantitative estimate of drug-likeness (QED) is 0.356. The first-order valence-electron chi connectivity index (χ1n) is 9.21. The van der Waals surface area contributed by atoms with Crippen LogP contribution in [0.15, 0.2) is 59.6 Å². The van der Waals surface area contributed by atoms with Crippen LogP contribution in [0.1, 0.15) is 24.0 Å². The maximum Gasteiger partial charge on any atom is 0.240 e. The van der Waals surface area contributed by atoms with Crippen molar-refractivity contribution in [2.45, 2.75) is 31.1 Å². The average molecular weight is 415 g/mol. The second kappa shape index (κ2) is 9.29. The van der Waals surface area contributed by atoms with Gasteiger partial charge in [-0.1, -0.05) is 41.8 Å². The molecule has 0 aliphatic heterocycles. The van der Waals surface area contributed by atoms with Gasteiger partial charge in [-0.05, 0) is 43.5 Å². The van der Waals surface area contributed by atoms with Crippen molar-refractivity contribution in [3.8, 4) is 12.0 Å². The van der Waals surface area contributed by atoms with Crippen molar-refractivity contribution < 1.29 is 8.42 Å². The van der Waals surface area contributed by atoms with E-state index in [0.717, 1.165) is 34.9 Å². The Morgan fingerprint density at radius 2 is 1.86 bits per heavy atom. The number of halogens is 1. The number of sulfonamides is 1. The molecule has 0 aliphatic rings. The maximum atomic E-state index is 12.5. The number of benzene rings is 2. The molecule has 3 rings (SSSR count). The Morgan fingerprint density at radius 3 is 2.61 bits per heavy atom. The standard InChI is InChI=1S/C22H23ClN2O2S/c1-18-9-11-20(12-10-18)28(26,27)24-15-13-19-17-25(16-6-2-5-14-23)22-8-4-3-7-21(19)22/h3-4,7-12,17,24H,2,5,13-15H2,1H3. The van der Waals surface area contributed by atoms with Gasteiger partial charge in [0.1, 0.15) is 0 Å². The molecule has 146 valence electrons. The van der Waals surface area contributed by atoms with Crippen molar-refractivity contribution in [3.05, 3.63) is 65.9 Å². The van der Waals surface area contributed by atoms with Crippen molar-refractivity contribution in [3.63, 3.8) is 0 Å². The topological polar surface area (TPSA) is 51.1 Å². The van der Waals surface area contributed by atoms with Gasteiger partial charge in [-0.25, -0.2) is 13.1 Å². The molecule has 3 aromatic rings. The zero-order valence-corrected chi connectivity index (χ0v) is 17.4. The fourth-order valence-corrected chi connectivity index (χ4v) is 4.12. The molecule has 0 radical (unpaired) electrons. The summed E-state index contributed by atoms with van der Waals surface area (Å²) in [5, 5.41) is 1.09. The summed E-state index contributed by atoms with van der Waals surface area (Å²) >= 11 is 5.70. The van der Waals surface area contributed by atoms with Gasteiger partial charge in [0.15, 0.2) is 0 Å². The summed E-state index contributed by atoms with van der Waals surface area (Å²) in [7, 11) is -3.51. The van der Waals surface area contributed by atoms with Crippen LogP contribution in [0.25, 0.3) is 10.9 Å². The van der Waals surface area contributed by atoms with Crippen LogP contribution in [0, 0.1) is 18.9 Å². The highest BCUT2D eigenvalue weighted by molar-refractivity contribution is 7.89. The van der Waals surface area contributed by atoms with Gasteiger partial charge in [-0.15, -0.1) is 11.6 Å². The molecule has 1 heterocycles. The Morgan fingerprint density at radius 1 is 1.11 bits per heavy atom. The molecule has 1 aromatic heterocycles. The molecule has 0 fully saturated rings. The lowest BCUT2D eigenvalue weighted by molar-refractivity contribution is 0.581. The van der Waals surface area contributed by atoms with Crippen molar-refractivity contribution >= 4 is 32.5 Å². The molecule has 0 spiro atoms. The minimum atomic E-state index is -3.51. The lowest BCUT2D eigenvalue weighted by Gasteiger charge is -2.06. The molecule has 28 heavy (non-hydrogen) atoms. The largest absolute Gasteiger partial charge is 0.276 e. The number of rotatable bonds is 7. The second-order valence-corrected chi connectivity index (χ2v) is 8.73. The first-order valence-corrected chi connectivity index (χ1v) is 11.2. The minimum absolute atomic E-state index is 0.283. The number of nitrogens with zero attached hydrogens (tertiary/aromatic N) is 1. The smallest absolute Gasteiger partial charge is 0.240 e. The molecule has 2 aromatic carbocycles. The van der Waals surface area contributed by atoms with Gasteiger partial charge in [0.25, 0.3) is 0 Å². The van der Waals surface area contributed by atoms with Gasteiger partial charge in [0.2, 0.25) is 10.0 Å². The van der Waals surface area contributed by atoms with Crippen LogP contribution < -0.4 is 4.72 Å². The molecule has 0 saturated heterocycles. The highest BCUT2D eigenvalue weighted by Crippen LogP contribution is 2.21. The van der Waals surface area contributed by atoms with Crippen molar-refractivity contribution in [1.29, 1.82) is 0 Å². The van der Waals surface area contributed by atoms with E-state index in [1.54, 1.807) is 24.3 Å². The highest BCUT2D eigenvalue weighted by atomic mass is 35.5. The molecule has 1 N–H and O–H groups in total. The van der Waals surface area contributed by atoms with E-state index < -0.39 is 10.0 Å². The Kier molecular flexibility index (Phi) is 6.79. The van der Waals surface area contributed by atoms with Gasteiger partial charge in [0, 0.05) is 36.5 Å². The number of hydrogen-bond acceptors (Lipinski definition) is 2. The van der Waals surface area contributed by atoms with E-state index in [0.29, 0.717) is 18.8 Å². The first kappa shape index (κ1) is 20.5. The van der Waals surface area contributed by atoms with Crippen LogP contribution in [0.4, 0.5) is 0 Å². The molecule has 0 atom stereocenters. The summed E-state index contributed by atoms with van der Waals surface area (Å²) < 4.78 is 29.5. The lowest BCUT2D eigenvalue weighted by atomic mass is 10.1. The molecule has 4 nitrogen and oxygen atoms in total. The Hall–Kier alpha value is -2.26. The predicted octanol–water partition coefficient (Wildman–Crippen LogP) is 4.30. The third kappa shape index (κ3) is 4.96. The zero-order chi connectivity index (χ0) is 20.0. The van der Waals surface area contributed by atoms with E-state index in [9.17, 15) is 8.42 Å². The van der Waals surface area contributed by atoms with E-state index in [-0.39, 0.29) is 4.90 Å². The average Bonchev–Trinajstić information content (AvgIpc) is 3.03. The number of aryl methyl sites for hydroxylation is 1. The molecule has 0 unspecified atom stereocenters. The zero-order valence-electron chi connectivity index (χ0n) is 15.8. The van der Waals surface area contributed by atoms with Gasteiger partial charge in [0.05, 0.1) is 10.4 Å². The van der Waals surface area contributed by atoms with Gasteiger partial charge < -0.3 is 0 Å². The number of alkyl halides is 1. The SMILES string of the molecule is Cc1ccc(S(=O)(=O)NCCc2cn(C#CCCCCl)c3ccccc23)cc1. The van der Waals surface area contributed by atoms with E-state index in [1.165, 1.54) is 0 Å². The number of unbranched alkanes of at least 4 members (excludes halogenated alkanes) is 1. The molecule has 6 heteroatoms. The van der Waals surface area contributed by atoms with E-state index in [1.807, 2.05) is 42.0 Å². The molecule has 0 amide bonds. The Balaban J connectivity index is 1.73. The van der Waals surface area contributed by atoms with Crippen LogP contribution >= 0.6 is 11.6 Å². The van der Waals surface area contributed by atoms with Crippen LogP contribution in [-0.4, -0.2) is 25.4 Å². The lowest BCUT2D eigenvalue weighted by Crippen LogP contribution is -2.25. The summed E-state index contributed by atoms with van der Waals surface area (Å²) in [4.78, 5) is 0.283. The Bertz CT molecular complexity index is 1110. The number of aromatic nitrogens is 1. The summed E-state index contributed by atoms with van der Waals surface area (Å²) in [6.45, 7) is 2.25. The minimum Gasteiger partial charge on any atom is -0.276 e. The number of nitrogens with one attached hydrogen (secondary N) is 1. The van der Waals surface area contributed by atoms with E-state index in [4.69, 9.17) is 11.6 Å². The van der Waals surface area contributed by atoms with Gasteiger partial charge in [-0.2, -0.15) is 0 Å². The summed E-state index contributed by atoms with van der Waals surface area (Å²) in [5.74, 6) is 3.74. The molecule has 0 aliphatic carbocycles. The molecule has 0 bridgehead atoms. The third-order valence-electron chi connectivity index (χ3n) is 4.45. The van der Waals surface area contributed by atoms with Gasteiger partial charge in [-0.3, -0.25) is 4.57 Å². The van der Waals surface area contributed by atoms with E-state index in [2.05, 4.69) is 16.7 Å². The van der Waals surface area contributed by atoms with Crippen LogP contribution in [0.2, 0.25) is 0 Å². The monoisotopic (exact) mass is 414 g/mol. The highest BCUT2D eigenvalue weighted by Gasteiger charge is 2.14. The second-order valence-electron chi connectivity index (χ2n) is 6.58. The van der Waals surface area contributed by atoms with Crippen molar-refractivity contribution in [2.75, 3.05) is 12.4 Å². The van der Waals surface area contributed by atoms with Crippen LogP contribution in [0.5, 0.6) is 0 Å². The van der Waals surface area contributed by atoms with E-state index >= 15 is 0 Å². The van der Waals surface area contributed by atoms with Crippen LogP contribution in [-0.2, 0) is 16.4 Å². The summed E-state index contributed by atoms with van der Waals surface area (Å²) in [6.07, 6.45) is 4.18. The van der Waals surface area contributed by atoms with Gasteiger partial charge >= 0.3 is 0 Å². The molecular formula is C22H23ClN2O2S. The predicted molar refractivity (Wildman–Crippen MR) is 115 cm³/mol. The molecule has 0 saturated carbocycles. The summed E-state index contributed by atoms with van der Waals surface area (Å²) in [6, 6.07) is 18.0. The first-order chi connectivity index (χ1) is 13.5. The molecular weight excluding hydrogens is 392 g/mol. The fourth-order valence-electron chi connectivity index (χ4n) is 2.96. The maximum absolute atomic E-state index is 12.5. The van der Waals surface area contributed by atoms with Crippen LogP contribution in [0.3, 0.4) is 0 Å². The number of hydrogen-bond donors (Lipinski definition) is 1. The Labute approximate surface area is 171 Å². The van der Waals surface area contributed by atoms with Crippen molar-refractivity contribution in [2.24, 2.45) is 0 Å². The normalized spacial score (nSPS) is 11.4. The number of fused-ring (bicyclic) bond motifs is 1.